The van der Waals surface area contributed by atoms with E-state index in [0.717, 1.165) is 5.69 Å². The van der Waals surface area contributed by atoms with Crippen molar-refractivity contribution in [2.24, 2.45) is 12.8 Å². The Balaban J connectivity index is 2.71. The van der Waals surface area contributed by atoms with Crippen LogP contribution in [0.1, 0.15) is 25.6 Å². The molecule has 15 heavy (non-hydrogen) atoms. The second-order valence-corrected chi connectivity index (χ2v) is 3.09. The van der Waals surface area contributed by atoms with Crippen LogP contribution in [0.5, 0.6) is 0 Å². The molecule has 0 aliphatic carbocycles. The minimum Gasteiger partial charge on any atom is -0.351 e. The molecule has 6 heteroatoms. The van der Waals surface area contributed by atoms with Gasteiger partial charge in [0.2, 0.25) is 0 Å². The summed E-state index contributed by atoms with van der Waals surface area (Å²) in [5.74, 6) is 0. The Morgan fingerprint density at radius 3 is 2.40 bits per heavy atom. The molecule has 86 valence electrons. The molecule has 0 fully saturated rings. The van der Waals surface area contributed by atoms with E-state index in [1.165, 1.54) is 0 Å². The number of nitrogens with zero attached hydrogens (tertiary/aromatic N) is 3. The van der Waals surface area contributed by atoms with E-state index in [1.54, 1.807) is 17.9 Å². The summed E-state index contributed by atoms with van der Waals surface area (Å²) in [7, 11) is 1.79. The standard InChI is InChI=1S/C9H18N4O2/c1-4-14-9(15-5-2)8(10)7-6-11-12-13(7)3/h6,8-9H,4-5,10H2,1-3H3. The van der Waals surface area contributed by atoms with E-state index in [-0.39, 0.29) is 6.04 Å². The van der Waals surface area contributed by atoms with Gasteiger partial charge in [0.1, 0.15) is 6.04 Å². The van der Waals surface area contributed by atoms with Gasteiger partial charge in [0.25, 0.3) is 0 Å². The number of aromatic nitrogens is 3. The van der Waals surface area contributed by atoms with Gasteiger partial charge in [-0.25, -0.2) is 0 Å². The number of hydrogen-bond donors (Lipinski definition) is 1. The van der Waals surface area contributed by atoms with Crippen molar-refractivity contribution in [3.63, 3.8) is 0 Å². The summed E-state index contributed by atoms with van der Waals surface area (Å²) >= 11 is 0. The van der Waals surface area contributed by atoms with Crippen LogP contribution in [0.15, 0.2) is 6.20 Å². The van der Waals surface area contributed by atoms with Crippen LogP contribution >= 0.6 is 0 Å². The first-order chi connectivity index (χ1) is 7.20. The normalized spacial score (nSPS) is 13.4. The van der Waals surface area contributed by atoms with E-state index >= 15 is 0 Å². The Hall–Kier alpha value is -0.980. The van der Waals surface area contributed by atoms with Crippen LogP contribution in [0.4, 0.5) is 0 Å². The lowest BCUT2D eigenvalue weighted by Gasteiger charge is -2.22. The summed E-state index contributed by atoms with van der Waals surface area (Å²) in [6, 6.07) is -0.370. The molecule has 1 atom stereocenters. The van der Waals surface area contributed by atoms with Crippen molar-refractivity contribution >= 4 is 0 Å². The summed E-state index contributed by atoms with van der Waals surface area (Å²) in [6.45, 7) is 4.92. The minimum atomic E-state index is -0.447. The highest BCUT2D eigenvalue weighted by molar-refractivity contribution is 5.01. The van der Waals surface area contributed by atoms with Gasteiger partial charge in [-0.3, -0.25) is 4.68 Å². The third kappa shape index (κ3) is 2.98. The second kappa shape index (κ2) is 5.79. The third-order valence-corrected chi connectivity index (χ3v) is 2.05. The number of rotatable bonds is 6. The van der Waals surface area contributed by atoms with E-state index in [2.05, 4.69) is 10.3 Å². The Labute approximate surface area is 89.3 Å². The summed E-state index contributed by atoms with van der Waals surface area (Å²) in [4.78, 5) is 0. The van der Waals surface area contributed by atoms with E-state index in [9.17, 15) is 0 Å². The lowest BCUT2D eigenvalue weighted by Crippen LogP contribution is -2.33. The van der Waals surface area contributed by atoms with Crippen molar-refractivity contribution in [1.82, 2.24) is 15.0 Å². The summed E-state index contributed by atoms with van der Waals surface area (Å²) < 4.78 is 12.4. The van der Waals surface area contributed by atoms with Gasteiger partial charge in [0, 0.05) is 20.3 Å². The van der Waals surface area contributed by atoms with Crippen molar-refractivity contribution in [3.8, 4) is 0 Å². The Morgan fingerprint density at radius 2 is 2.00 bits per heavy atom. The molecule has 0 aromatic carbocycles. The summed E-state index contributed by atoms with van der Waals surface area (Å²) in [5, 5.41) is 7.58. The molecule has 0 saturated heterocycles. The van der Waals surface area contributed by atoms with Gasteiger partial charge in [0.05, 0.1) is 11.9 Å². The van der Waals surface area contributed by atoms with E-state index in [1.807, 2.05) is 13.8 Å². The fourth-order valence-electron chi connectivity index (χ4n) is 1.32. The topological polar surface area (TPSA) is 75.2 Å². The zero-order valence-corrected chi connectivity index (χ0v) is 9.38. The Bertz CT molecular complexity index is 283. The quantitative estimate of drug-likeness (QED) is 0.685. The smallest absolute Gasteiger partial charge is 0.178 e. The fraction of sp³-hybridized carbons (Fsp3) is 0.778. The molecule has 0 aliphatic rings. The zero-order chi connectivity index (χ0) is 11.3. The van der Waals surface area contributed by atoms with Crippen molar-refractivity contribution in [3.05, 3.63) is 11.9 Å². The highest BCUT2D eigenvalue weighted by Crippen LogP contribution is 2.15. The lowest BCUT2D eigenvalue weighted by molar-refractivity contribution is -0.150. The molecule has 1 aromatic rings. The van der Waals surface area contributed by atoms with Crippen LogP contribution in [-0.4, -0.2) is 34.5 Å². The second-order valence-electron chi connectivity index (χ2n) is 3.09. The van der Waals surface area contributed by atoms with Crippen LogP contribution in [0, 0.1) is 0 Å². The van der Waals surface area contributed by atoms with E-state index in [4.69, 9.17) is 15.2 Å². The third-order valence-electron chi connectivity index (χ3n) is 2.05. The van der Waals surface area contributed by atoms with Crippen molar-refractivity contribution in [2.75, 3.05) is 13.2 Å². The van der Waals surface area contributed by atoms with Crippen molar-refractivity contribution in [2.45, 2.75) is 26.2 Å². The van der Waals surface area contributed by atoms with Crippen LogP contribution in [0.3, 0.4) is 0 Å². The van der Waals surface area contributed by atoms with Gasteiger partial charge in [-0.1, -0.05) is 5.21 Å². The number of nitrogens with two attached hydrogens (primary N) is 1. The largest absolute Gasteiger partial charge is 0.351 e. The maximum Gasteiger partial charge on any atom is 0.178 e. The molecule has 0 aliphatic heterocycles. The molecule has 1 unspecified atom stereocenters. The van der Waals surface area contributed by atoms with Crippen LogP contribution in [0.2, 0.25) is 0 Å². The molecule has 0 saturated carbocycles. The molecule has 6 nitrogen and oxygen atoms in total. The lowest BCUT2D eigenvalue weighted by atomic mass is 10.2. The van der Waals surface area contributed by atoms with Crippen LogP contribution < -0.4 is 5.73 Å². The molecule has 0 spiro atoms. The van der Waals surface area contributed by atoms with Gasteiger partial charge in [-0.2, -0.15) is 0 Å². The van der Waals surface area contributed by atoms with Crippen LogP contribution in [0.25, 0.3) is 0 Å². The molecule has 1 aromatic heterocycles. The predicted octanol–water partition coefficient (Wildman–Crippen LogP) is 0.214. The first kappa shape index (κ1) is 12.1. The van der Waals surface area contributed by atoms with E-state index < -0.39 is 6.29 Å². The molecule has 2 N–H and O–H groups in total. The van der Waals surface area contributed by atoms with Gasteiger partial charge < -0.3 is 15.2 Å². The zero-order valence-electron chi connectivity index (χ0n) is 9.38. The van der Waals surface area contributed by atoms with Crippen molar-refractivity contribution < 1.29 is 9.47 Å². The first-order valence-electron chi connectivity index (χ1n) is 5.04. The summed E-state index contributed by atoms with van der Waals surface area (Å²) in [5.41, 5.74) is 6.80. The maximum atomic E-state index is 6.01. The monoisotopic (exact) mass is 214 g/mol. The molecule has 0 radical (unpaired) electrons. The molecule has 0 amide bonds. The summed E-state index contributed by atoms with van der Waals surface area (Å²) in [6.07, 6.45) is 1.17. The highest BCUT2D eigenvalue weighted by Gasteiger charge is 2.23. The van der Waals surface area contributed by atoms with E-state index in [0.29, 0.717) is 13.2 Å². The van der Waals surface area contributed by atoms with Gasteiger partial charge >= 0.3 is 0 Å². The minimum absolute atomic E-state index is 0.370. The first-order valence-corrected chi connectivity index (χ1v) is 5.04. The highest BCUT2D eigenvalue weighted by atomic mass is 16.7. The van der Waals surface area contributed by atoms with Gasteiger partial charge in [-0.05, 0) is 13.8 Å². The SMILES string of the molecule is CCOC(OCC)C(N)c1cnnn1C. The number of aryl methyl sites for hydroxylation is 1. The van der Waals surface area contributed by atoms with Gasteiger partial charge in [-0.15, -0.1) is 5.10 Å². The fourth-order valence-corrected chi connectivity index (χ4v) is 1.32. The number of ether oxygens (including phenoxy) is 2. The molecule has 1 rings (SSSR count). The maximum absolute atomic E-state index is 6.01. The van der Waals surface area contributed by atoms with Crippen molar-refractivity contribution in [1.29, 1.82) is 0 Å². The van der Waals surface area contributed by atoms with Crippen LogP contribution in [-0.2, 0) is 16.5 Å². The molecular formula is C9H18N4O2. The predicted molar refractivity (Wildman–Crippen MR) is 55.0 cm³/mol. The number of hydrogen-bond acceptors (Lipinski definition) is 5. The molecular weight excluding hydrogens is 196 g/mol. The Morgan fingerprint density at radius 1 is 1.40 bits per heavy atom. The average Bonchev–Trinajstić information content (AvgIpc) is 2.63. The average molecular weight is 214 g/mol. The van der Waals surface area contributed by atoms with Gasteiger partial charge in [0.15, 0.2) is 6.29 Å². The molecule has 1 heterocycles. The molecule has 0 bridgehead atoms. The Kier molecular flexibility index (Phi) is 4.67.